The van der Waals surface area contributed by atoms with E-state index in [2.05, 4.69) is 10.6 Å². The first-order valence-corrected chi connectivity index (χ1v) is 6.50. The molecule has 0 radical (unpaired) electrons. The van der Waals surface area contributed by atoms with Crippen LogP contribution in [0.4, 0.5) is 4.79 Å². The van der Waals surface area contributed by atoms with Crippen LogP contribution < -0.4 is 10.6 Å². The van der Waals surface area contributed by atoms with Gasteiger partial charge < -0.3 is 20.8 Å². The van der Waals surface area contributed by atoms with Crippen LogP contribution in [0.2, 0.25) is 0 Å². The molecule has 0 saturated heterocycles. The number of carboxylic acid groups (broad SMARTS) is 1. The number of carboxylic acids is 1. The molecule has 0 aromatic rings. The second kappa shape index (κ2) is 5.56. The lowest BCUT2D eigenvalue weighted by Crippen LogP contribution is -2.49. The highest BCUT2D eigenvalue weighted by Crippen LogP contribution is 2.48. The zero-order valence-corrected chi connectivity index (χ0v) is 10.3. The van der Waals surface area contributed by atoms with Crippen molar-refractivity contribution in [2.45, 2.75) is 31.7 Å². The van der Waals surface area contributed by atoms with Crippen LogP contribution in [0.3, 0.4) is 0 Å². The Morgan fingerprint density at radius 3 is 2.11 bits per heavy atom. The van der Waals surface area contributed by atoms with Crippen molar-refractivity contribution in [3.63, 3.8) is 0 Å². The number of hydrogen-bond acceptors (Lipinski definition) is 3. The molecule has 2 aliphatic rings. The highest BCUT2D eigenvalue weighted by atomic mass is 16.4. The van der Waals surface area contributed by atoms with E-state index in [1.54, 1.807) is 0 Å². The van der Waals surface area contributed by atoms with Crippen LogP contribution in [0.15, 0.2) is 0 Å². The molecular formula is C12H20N2O4. The topological polar surface area (TPSA) is 98.7 Å². The standard InChI is InChI=1S/C12H20N2O4/c15-6-10(11(16)17)14-12(18)13-5-9(7-1-2-7)8-3-4-8/h7-10,15H,1-6H2,(H,16,17)(H2,13,14,18). The second-order valence-electron chi connectivity index (χ2n) is 5.27. The Bertz CT molecular complexity index is 314. The average molecular weight is 256 g/mol. The van der Waals surface area contributed by atoms with Gasteiger partial charge in [-0.05, 0) is 43.4 Å². The van der Waals surface area contributed by atoms with Crippen molar-refractivity contribution in [3.8, 4) is 0 Å². The van der Waals surface area contributed by atoms with Crippen molar-refractivity contribution >= 4 is 12.0 Å². The van der Waals surface area contributed by atoms with Crippen LogP contribution in [-0.2, 0) is 4.79 Å². The molecule has 102 valence electrons. The summed E-state index contributed by atoms with van der Waals surface area (Å²) in [6.07, 6.45) is 5.00. The first-order chi connectivity index (χ1) is 8.61. The maximum Gasteiger partial charge on any atom is 0.328 e. The summed E-state index contributed by atoms with van der Waals surface area (Å²) < 4.78 is 0. The van der Waals surface area contributed by atoms with E-state index in [0.717, 1.165) is 11.8 Å². The lowest BCUT2D eigenvalue weighted by Gasteiger charge is -2.18. The predicted molar refractivity (Wildman–Crippen MR) is 64.0 cm³/mol. The van der Waals surface area contributed by atoms with E-state index in [9.17, 15) is 9.59 Å². The fourth-order valence-electron chi connectivity index (χ4n) is 2.37. The van der Waals surface area contributed by atoms with E-state index in [1.165, 1.54) is 25.7 Å². The van der Waals surface area contributed by atoms with Crippen molar-refractivity contribution in [2.24, 2.45) is 17.8 Å². The van der Waals surface area contributed by atoms with Gasteiger partial charge in [0.2, 0.25) is 0 Å². The fourth-order valence-corrected chi connectivity index (χ4v) is 2.37. The minimum absolute atomic E-state index is 0.511. The molecule has 0 heterocycles. The number of hydrogen-bond donors (Lipinski definition) is 4. The van der Waals surface area contributed by atoms with Crippen LogP contribution >= 0.6 is 0 Å². The van der Waals surface area contributed by atoms with E-state index in [1.807, 2.05) is 0 Å². The Kier molecular flexibility index (Phi) is 4.06. The van der Waals surface area contributed by atoms with Gasteiger partial charge in [-0.25, -0.2) is 9.59 Å². The number of rotatable bonds is 7. The lowest BCUT2D eigenvalue weighted by molar-refractivity contribution is -0.140. The molecule has 2 rings (SSSR count). The van der Waals surface area contributed by atoms with Gasteiger partial charge in [-0.2, -0.15) is 0 Å². The van der Waals surface area contributed by atoms with Gasteiger partial charge in [-0.3, -0.25) is 0 Å². The molecule has 6 nitrogen and oxygen atoms in total. The summed E-state index contributed by atoms with van der Waals surface area (Å²) in [5.74, 6) is 0.804. The zero-order valence-electron chi connectivity index (χ0n) is 10.3. The van der Waals surface area contributed by atoms with Crippen LogP contribution in [0.25, 0.3) is 0 Å². The molecular weight excluding hydrogens is 236 g/mol. The van der Waals surface area contributed by atoms with Crippen molar-refractivity contribution in [1.29, 1.82) is 0 Å². The largest absolute Gasteiger partial charge is 0.480 e. The average Bonchev–Trinajstić information content (AvgIpc) is 3.16. The minimum Gasteiger partial charge on any atom is -0.480 e. The number of aliphatic carboxylic acids is 1. The van der Waals surface area contributed by atoms with E-state index < -0.39 is 24.6 Å². The Morgan fingerprint density at radius 2 is 1.72 bits per heavy atom. The zero-order chi connectivity index (χ0) is 13.1. The number of urea groups is 1. The summed E-state index contributed by atoms with van der Waals surface area (Å²) in [4.78, 5) is 22.1. The Morgan fingerprint density at radius 1 is 1.17 bits per heavy atom. The van der Waals surface area contributed by atoms with Gasteiger partial charge in [0.1, 0.15) is 0 Å². The van der Waals surface area contributed by atoms with E-state index in [-0.39, 0.29) is 0 Å². The van der Waals surface area contributed by atoms with Crippen LogP contribution in [0.5, 0.6) is 0 Å². The first-order valence-electron chi connectivity index (χ1n) is 6.50. The van der Waals surface area contributed by atoms with Crippen LogP contribution in [-0.4, -0.2) is 41.4 Å². The van der Waals surface area contributed by atoms with Crippen molar-refractivity contribution < 1.29 is 19.8 Å². The van der Waals surface area contributed by atoms with Gasteiger partial charge in [0.15, 0.2) is 6.04 Å². The lowest BCUT2D eigenvalue weighted by atomic mass is 9.98. The monoisotopic (exact) mass is 256 g/mol. The molecule has 2 amide bonds. The number of carbonyl (C=O) groups is 2. The first kappa shape index (κ1) is 13.1. The van der Waals surface area contributed by atoms with E-state index in [0.29, 0.717) is 12.5 Å². The molecule has 4 N–H and O–H groups in total. The molecule has 2 saturated carbocycles. The maximum absolute atomic E-state index is 11.5. The second-order valence-corrected chi connectivity index (χ2v) is 5.27. The van der Waals surface area contributed by atoms with Gasteiger partial charge in [0.25, 0.3) is 0 Å². The predicted octanol–water partition coefficient (Wildman–Crippen LogP) is 0.167. The Hall–Kier alpha value is -1.30. The van der Waals surface area contributed by atoms with Crippen LogP contribution in [0.1, 0.15) is 25.7 Å². The van der Waals surface area contributed by atoms with Gasteiger partial charge in [0, 0.05) is 6.54 Å². The van der Waals surface area contributed by atoms with Gasteiger partial charge >= 0.3 is 12.0 Å². The third-order valence-corrected chi connectivity index (χ3v) is 3.74. The maximum atomic E-state index is 11.5. The number of amides is 2. The van der Waals surface area contributed by atoms with E-state index in [4.69, 9.17) is 10.2 Å². The molecule has 18 heavy (non-hydrogen) atoms. The molecule has 2 fully saturated rings. The summed E-state index contributed by atoms with van der Waals surface area (Å²) in [6.45, 7) is 0.0103. The van der Waals surface area contributed by atoms with E-state index >= 15 is 0 Å². The highest BCUT2D eigenvalue weighted by molar-refractivity contribution is 5.82. The van der Waals surface area contributed by atoms with Gasteiger partial charge in [0.05, 0.1) is 6.61 Å². The smallest absolute Gasteiger partial charge is 0.328 e. The SMILES string of the molecule is O=C(NCC(C1CC1)C1CC1)NC(CO)C(=O)O. The molecule has 0 aromatic heterocycles. The minimum atomic E-state index is -1.23. The van der Waals surface area contributed by atoms with Crippen molar-refractivity contribution in [3.05, 3.63) is 0 Å². The molecule has 1 atom stereocenters. The van der Waals surface area contributed by atoms with Crippen molar-refractivity contribution in [2.75, 3.05) is 13.2 Å². The molecule has 1 unspecified atom stereocenters. The Balaban J connectivity index is 1.71. The summed E-state index contributed by atoms with van der Waals surface area (Å²) in [5, 5.41) is 22.5. The third kappa shape index (κ3) is 3.60. The molecule has 0 aliphatic heterocycles. The third-order valence-electron chi connectivity index (χ3n) is 3.74. The summed E-state index contributed by atoms with van der Waals surface area (Å²) >= 11 is 0. The Labute approximate surface area is 106 Å². The summed E-state index contributed by atoms with van der Waals surface area (Å²) in [5.41, 5.74) is 0. The van der Waals surface area contributed by atoms with Gasteiger partial charge in [-0.15, -0.1) is 0 Å². The number of aliphatic hydroxyl groups is 1. The number of aliphatic hydroxyl groups excluding tert-OH is 1. The summed E-state index contributed by atoms with van der Waals surface area (Å²) in [6, 6.07) is -1.74. The highest BCUT2D eigenvalue weighted by Gasteiger charge is 2.41. The molecule has 0 aromatic carbocycles. The van der Waals surface area contributed by atoms with Crippen molar-refractivity contribution in [1.82, 2.24) is 10.6 Å². The molecule has 2 aliphatic carbocycles. The van der Waals surface area contributed by atoms with Crippen LogP contribution in [0, 0.1) is 17.8 Å². The summed E-state index contributed by atoms with van der Waals surface area (Å²) in [7, 11) is 0. The number of carbonyl (C=O) groups excluding carboxylic acids is 1. The normalized spacial score (nSPS) is 20.6. The van der Waals surface area contributed by atoms with Gasteiger partial charge in [-0.1, -0.05) is 0 Å². The molecule has 0 bridgehead atoms. The quantitative estimate of drug-likeness (QED) is 0.521. The number of nitrogens with one attached hydrogen (secondary N) is 2. The fraction of sp³-hybridized carbons (Fsp3) is 0.833. The molecule has 6 heteroatoms. The molecule has 0 spiro atoms.